The number of nitrogens with one attached hydrogen (secondary N) is 1. The van der Waals surface area contributed by atoms with E-state index in [4.69, 9.17) is 10.8 Å². The van der Waals surface area contributed by atoms with Crippen molar-refractivity contribution in [1.82, 2.24) is 10.2 Å². The molecule has 0 aromatic heterocycles. The summed E-state index contributed by atoms with van der Waals surface area (Å²) < 4.78 is 0. The molecule has 1 fully saturated rings. The van der Waals surface area contributed by atoms with Crippen LogP contribution in [0.2, 0.25) is 0 Å². The van der Waals surface area contributed by atoms with E-state index < -0.39 is 0 Å². The Labute approximate surface area is 110 Å². The standard InChI is InChI=1S/C13H27N3O2/c1-10(2)11-6-12(15-4-3-5-17)8-16(7-11)9-13(14)18/h10-12,15,17H,3-9H2,1-2H3,(H2,14,18). The van der Waals surface area contributed by atoms with Crippen molar-refractivity contribution in [3.05, 3.63) is 0 Å². The third kappa shape index (κ3) is 5.33. The number of hydrogen-bond donors (Lipinski definition) is 3. The van der Waals surface area contributed by atoms with Crippen molar-refractivity contribution in [3.63, 3.8) is 0 Å². The number of aliphatic hydroxyl groups is 1. The van der Waals surface area contributed by atoms with Crippen molar-refractivity contribution in [2.45, 2.75) is 32.7 Å². The quantitative estimate of drug-likeness (QED) is 0.552. The van der Waals surface area contributed by atoms with E-state index in [1.165, 1.54) is 0 Å². The Balaban J connectivity index is 2.48. The molecule has 1 saturated heterocycles. The Morgan fingerprint density at radius 3 is 2.78 bits per heavy atom. The number of piperidine rings is 1. The van der Waals surface area contributed by atoms with Gasteiger partial charge in [0.25, 0.3) is 0 Å². The van der Waals surface area contributed by atoms with Gasteiger partial charge >= 0.3 is 0 Å². The highest BCUT2D eigenvalue weighted by Gasteiger charge is 2.29. The van der Waals surface area contributed by atoms with Crippen LogP contribution in [0.5, 0.6) is 0 Å². The summed E-state index contributed by atoms with van der Waals surface area (Å²) in [6.07, 6.45) is 1.91. The molecular formula is C13H27N3O2. The molecule has 1 aliphatic rings. The van der Waals surface area contributed by atoms with Crippen molar-refractivity contribution in [2.24, 2.45) is 17.6 Å². The molecule has 0 spiro atoms. The van der Waals surface area contributed by atoms with Crippen LogP contribution in [0.3, 0.4) is 0 Å². The van der Waals surface area contributed by atoms with Crippen LogP contribution in [-0.2, 0) is 4.79 Å². The maximum Gasteiger partial charge on any atom is 0.231 e. The fourth-order valence-electron chi connectivity index (χ4n) is 2.60. The number of primary amides is 1. The molecule has 5 nitrogen and oxygen atoms in total. The van der Waals surface area contributed by atoms with Crippen molar-refractivity contribution in [1.29, 1.82) is 0 Å². The molecule has 4 N–H and O–H groups in total. The summed E-state index contributed by atoms with van der Waals surface area (Å²) in [6, 6.07) is 0.400. The second kappa shape index (κ2) is 7.71. The molecule has 5 heteroatoms. The lowest BCUT2D eigenvalue weighted by atomic mass is 9.85. The zero-order valence-electron chi connectivity index (χ0n) is 11.6. The van der Waals surface area contributed by atoms with E-state index in [1.54, 1.807) is 0 Å². The summed E-state index contributed by atoms with van der Waals surface area (Å²) in [5, 5.41) is 12.3. The SMILES string of the molecule is CC(C)C1CC(NCCCO)CN(CC(N)=O)C1. The molecule has 0 aromatic rings. The molecule has 2 atom stereocenters. The van der Waals surface area contributed by atoms with E-state index >= 15 is 0 Å². The molecule has 0 radical (unpaired) electrons. The number of nitrogens with zero attached hydrogens (tertiary/aromatic N) is 1. The minimum atomic E-state index is -0.256. The van der Waals surface area contributed by atoms with Gasteiger partial charge in [-0.15, -0.1) is 0 Å². The van der Waals surface area contributed by atoms with Crippen LogP contribution in [0.15, 0.2) is 0 Å². The van der Waals surface area contributed by atoms with Gasteiger partial charge in [0.1, 0.15) is 0 Å². The molecule has 2 unspecified atom stereocenters. The molecule has 1 heterocycles. The number of hydrogen-bond acceptors (Lipinski definition) is 4. The van der Waals surface area contributed by atoms with Gasteiger partial charge in [0.05, 0.1) is 6.54 Å². The summed E-state index contributed by atoms with van der Waals surface area (Å²) >= 11 is 0. The largest absolute Gasteiger partial charge is 0.396 e. The average Bonchev–Trinajstić information content (AvgIpc) is 2.28. The topological polar surface area (TPSA) is 78.6 Å². The first-order chi connectivity index (χ1) is 8.52. The van der Waals surface area contributed by atoms with Gasteiger partial charge in [0.2, 0.25) is 5.91 Å². The van der Waals surface area contributed by atoms with Crippen molar-refractivity contribution < 1.29 is 9.90 Å². The number of rotatable bonds is 7. The number of likely N-dealkylation sites (tertiary alicyclic amines) is 1. The van der Waals surface area contributed by atoms with E-state index in [0.717, 1.165) is 32.5 Å². The maximum absolute atomic E-state index is 11.0. The molecule has 0 aliphatic carbocycles. The fourth-order valence-corrected chi connectivity index (χ4v) is 2.60. The smallest absolute Gasteiger partial charge is 0.231 e. The lowest BCUT2D eigenvalue weighted by Crippen LogP contribution is -2.52. The molecular weight excluding hydrogens is 230 g/mol. The predicted octanol–water partition coefficient (Wildman–Crippen LogP) is -0.210. The van der Waals surface area contributed by atoms with E-state index in [9.17, 15) is 4.79 Å². The third-order valence-corrected chi connectivity index (χ3v) is 3.65. The minimum Gasteiger partial charge on any atom is -0.396 e. The molecule has 0 bridgehead atoms. The van der Waals surface area contributed by atoms with Crippen molar-refractivity contribution in [3.8, 4) is 0 Å². The normalized spacial score (nSPS) is 25.6. The van der Waals surface area contributed by atoms with Gasteiger partial charge in [-0.1, -0.05) is 13.8 Å². The van der Waals surface area contributed by atoms with Gasteiger partial charge in [-0.05, 0) is 31.2 Å². The third-order valence-electron chi connectivity index (χ3n) is 3.65. The monoisotopic (exact) mass is 257 g/mol. The molecule has 0 saturated carbocycles. The molecule has 1 rings (SSSR count). The van der Waals surface area contributed by atoms with E-state index in [-0.39, 0.29) is 12.5 Å². The molecule has 1 aliphatic heterocycles. The van der Waals surface area contributed by atoms with Gasteiger partial charge in [-0.2, -0.15) is 0 Å². The Kier molecular flexibility index (Phi) is 6.60. The van der Waals surface area contributed by atoms with Gasteiger partial charge in [0, 0.05) is 25.7 Å². The number of aliphatic hydroxyl groups excluding tert-OH is 1. The fraction of sp³-hybridized carbons (Fsp3) is 0.923. The number of nitrogens with two attached hydrogens (primary N) is 1. The number of carbonyl (C=O) groups excluding carboxylic acids is 1. The van der Waals surface area contributed by atoms with Crippen molar-refractivity contribution >= 4 is 5.91 Å². The van der Waals surface area contributed by atoms with E-state index in [2.05, 4.69) is 24.1 Å². The van der Waals surface area contributed by atoms with Gasteiger partial charge in [-0.25, -0.2) is 0 Å². The van der Waals surface area contributed by atoms with Crippen LogP contribution >= 0.6 is 0 Å². The van der Waals surface area contributed by atoms with Crippen LogP contribution in [0, 0.1) is 11.8 Å². The summed E-state index contributed by atoms with van der Waals surface area (Å²) in [5.74, 6) is 0.959. The second-order valence-corrected chi connectivity index (χ2v) is 5.63. The Morgan fingerprint density at radius 2 is 2.22 bits per heavy atom. The van der Waals surface area contributed by atoms with Gasteiger partial charge < -0.3 is 16.2 Å². The van der Waals surface area contributed by atoms with Gasteiger partial charge in [-0.3, -0.25) is 9.69 Å². The van der Waals surface area contributed by atoms with Crippen LogP contribution in [0.1, 0.15) is 26.7 Å². The highest BCUT2D eigenvalue weighted by atomic mass is 16.3. The highest BCUT2D eigenvalue weighted by Crippen LogP contribution is 2.23. The van der Waals surface area contributed by atoms with Crippen LogP contribution < -0.4 is 11.1 Å². The van der Waals surface area contributed by atoms with Crippen LogP contribution in [-0.4, -0.2) is 54.7 Å². The predicted molar refractivity (Wildman–Crippen MR) is 72.1 cm³/mol. The Morgan fingerprint density at radius 1 is 1.50 bits per heavy atom. The average molecular weight is 257 g/mol. The maximum atomic E-state index is 11.0. The van der Waals surface area contributed by atoms with Crippen molar-refractivity contribution in [2.75, 3.05) is 32.8 Å². The lowest BCUT2D eigenvalue weighted by Gasteiger charge is -2.39. The molecule has 0 aromatic carbocycles. The Hall–Kier alpha value is -0.650. The highest BCUT2D eigenvalue weighted by molar-refractivity contribution is 5.75. The second-order valence-electron chi connectivity index (χ2n) is 5.63. The molecule has 1 amide bonds. The van der Waals surface area contributed by atoms with E-state index in [1.807, 2.05) is 0 Å². The zero-order valence-corrected chi connectivity index (χ0v) is 11.6. The minimum absolute atomic E-state index is 0.221. The lowest BCUT2D eigenvalue weighted by molar-refractivity contribution is -0.119. The molecule has 106 valence electrons. The summed E-state index contributed by atoms with van der Waals surface area (Å²) in [7, 11) is 0. The summed E-state index contributed by atoms with van der Waals surface area (Å²) in [4.78, 5) is 13.2. The molecule has 18 heavy (non-hydrogen) atoms. The summed E-state index contributed by atoms with van der Waals surface area (Å²) in [5.41, 5.74) is 5.28. The first-order valence-corrected chi connectivity index (χ1v) is 6.87. The first-order valence-electron chi connectivity index (χ1n) is 6.87. The Bertz CT molecular complexity index is 259. The number of carbonyl (C=O) groups is 1. The van der Waals surface area contributed by atoms with Crippen LogP contribution in [0.25, 0.3) is 0 Å². The van der Waals surface area contributed by atoms with E-state index in [0.29, 0.717) is 24.4 Å². The zero-order chi connectivity index (χ0) is 13.5. The van der Waals surface area contributed by atoms with Crippen LogP contribution in [0.4, 0.5) is 0 Å². The number of amides is 1. The summed E-state index contributed by atoms with van der Waals surface area (Å²) in [6.45, 7) is 7.68. The first kappa shape index (κ1) is 15.4. The van der Waals surface area contributed by atoms with Gasteiger partial charge in [0.15, 0.2) is 0 Å².